The lowest BCUT2D eigenvalue weighted by Crippen LogP contribution is -2.24. The van der Waals surface area contributed by atoms with E-state index in [9.17, 15) is 4.79 Å². The number of anilines is 2. The molecule has 0 atom stereocenters. The molecule has 0 unspecified atom stereocenters. The van der Waals surface area contributed by atoms with Gasteiger partial charge in [-0.2, -0.15) is 0 Å². The van der Waals surface area contributed by atoms with Crippen molar-refractivity contribution in [2.75, 3.05) is 23.3 Å². The number of rotatable bonds is 7. The summed E-state index contributed by atoms with van der Waals surface area (Å²) >= 11 is 0. The van der Waals surface area contributed by atoms with Crippen molar-refractivity contribution in [1.29, 1.82) is 0 Å². The number of hydrogen-bond donors (Lipinski definition) is 1. The zero-order chi connectivity index (χ0) is 19.1. The molecule has 0 fully saturated rings. The quantitative estimate of drug-likeness (QED) is 0.676. The van der Waals surface area contributed by atoms with Crippen LogP contribution in [0.2, 0.25) is 0 Å². The van der Waals surface area contributed by atoms with Crippen LogP contribution >= 0.6 is 0 Å². The highest BCUT2D eigenvalue weighted by atomic mass is 16.5. The smallest absolute Gasteiger partial charge is 0.276 e. The number of ether oxygens (including phenoxy) is 1. The summed E-state index contributed by atoms with van der Waals surface area (Å²) < 4.78 is 5.74. The maximum Gasteiger partial charge on any atom is 0.276 e. The average Bonchev–Trinajstić information content (AvgIpc) is 2.72. The Kier molecular flexibility index (Phi) is 5.99. The van der Waals surface area contributed by atoms with E-state index < -0.39 is 0 Å². The van der Waals surface area contributed by atoms with Crippen LogP contribution in [0.5, 0.6) is 11.5 Å². The van der Waals surface area contributed by atoms with Gasteiger partial charge in [-0.3, -0.25) is 4.79 Å². The fraction of sp³-hybridized carbons (Fsp3) is 0.190. The molecule has 2 aromatic carbocycles. The summed E-state index contributed by atoms with van der Waals surface area (Å²) in [6.45, 7) is 5.79. The number of nitrogens with zero attached hydrogens (tertiary/aromatic N) is 3. The van der Waals surface area contributed by atoms with Crippen molar-refractivity contribution in [2.24, 2.45) is 0 Å². The minimum Gasteiger partial charge on any atom is -0.457 e. The molecule has 1 aromatic heterocycles. The van der Waals surface area contributed by atoms with Crippen molar-refractivity contribution in [3.8, 4) is 11.5 Å². The number of amides is 1. The van der Waals surface area contributed by atoms with E-state index in [-0.39, 0.29) is 11.6 Å². The number of nitrogens with one attached hydrogen (secondary N) is 1. The predicted molar refractivity (Wildman–Crippen MR) is 107 cm³/mol. The highest BCUT2D eigenvalue weighted by Crippen LogP contribution is 2.22. The van der Waals surface area contributed by atoms with Gasteiger partial charge in [0.2, 0.25) is 0 Å². The Morgan fingerprint density at radius 2 is 1.56 bits per heavy atom. The van der Waals surface area contributed by atoms with Gasteiger partial charge in [-0.25, -0.2) is 0 Å². The third-order valence-corrected chi connectivity index (χ3v) is 4.06. The fourth-order valence-corrected chi connectivity index (χ4v) is 2.59. The van der Waals surface area contributed by atoms with Crippen molar-refractivity contribution in [2.45, 2.75) is 13.8 Å². The average molecular weight is 362 g/mol. The van der Waals surface area contributed by atoms with E-state index in [1.165, 1.54) is 0 Å². The molecule has 1 heterocycles. The largest absolute Gasteiger partial charge is 0.457 e. The monoisotopic (exact) mass is 362 g/mol. The molecule has 3 rings (SSSR count). The van der Waals surface area contributed by atoms with Crippen molar-refractivity contribution in [3.63, 3.8) is 0 Å². The third kappa shape index (κ3) is 4.82. The number of aromatic nitrogens is 2. The van der Waals surface area contributed by atoms with Crippen molar-refractivity contribution in [3.05, 3.63) is 72.4 Å². The van der Waals surface area contributed by atoms with Crippen LogP contribution in [0.25, 0.3) is 0 Å². The standard InChI is InChI=1S/C21H22N4O2/c1-3-25(4-2)20-15-14-19(23-24-20)21(26)22-16-10-12-18(13-11-16)27-17-8-6-5-7-9-17/h5-15H,3-4H2,1-2H3,(H,22,26). The van der Waals surface area contributed by atoms with Gasteiger partial charge in [0.25, 0.3) is 5.91 Å². The molecule has 0 aliphatic heterocycles. The van der Waals surface area contributed by atoms with Gasteiger partial charge < -0.3 is 15.0 Å². The van der Waals surface area contributed by atoms with Crippen molar-refractivity contribution in [1.82, 2.24) is 10.2 Å². The molecule has 138 valence electrons. The maximum absolute atomic E-state index is 12.4. The summed E-state index contributed by atoms with van der Waals surface area (Å²) in [6, 6.07) is 20.2. The van der Waals surface area contributed by atoms with E-state index >= 15 is 0 Å². The first kappa shape index (κ1) is 18.4. The molecule has 0 radical (unpaired) electrons. The maximum atomic E-state index is 12.4. The van der Waals surface area contributed by atoms with Gasteiger partial charge in [0.1, 0.15) is 11.5 Å². The van der Waals surface area contributed by atoms with Crippen LogP contribution < -0.4 is 15.0 Å². The van der Waals surface area contributed by atoms with E-state index in [1.54, 1.807) is 30.3 Å². The minimum atomic E-state index is -0.301. The Morgan fingerprint density at radius 1 is 0.889 bits per heavy atom. The number of carbonyl (C=O) groups is 1. The molecule has 0 aliphatic carbocycles. The highest BCUT2D eigenvalue weighted by molar-refractivity contribution is 6.02. The zero-order valence-electron chi connectivity index (χ0n) is 15.4. The molecule has 6 heteroatoms. The predicted octanol–water partition coefficient (Wildman–Crippen LogP) is 4.37. The van der Waals surface area contributed by atoms with Gasteiger partial charge in [0.05, 0.1) is 0 Å². The normalized spacial score (nSPS) is 10.3. The number of carbonyl (C=O) groups excluding carboxylic acids is 1. The molecule has 1 amide bonds. The summed E-state index contributed by atoms with van der Waals surface area (Å²) in [7, 11) is 0. The number of para-hydroxylation sites is 1. The third-order valence-electron chi connectivity index (χ3n) is 4.06. The van der Waals surface area contributed by atoms with Gasteiger partial charge in [-0.05, 0) is 62.4 Å². The van der Waals surface area contributed by atoms with E-state index in [0.29, 0.717) is 11.4 Å². The summed E-state index contributed by atoms with van der Waals surface area (Å²) in [6.07, 6.45) is 0. The topological polar surface area (TPSA) is 67.4 Å². The Morgan fingerprint density at radius 3 is 2.15 bits per heavy atom. The first-order chi connectivity index (χ1) is 13.2. The summed E-state index contributed by atoms with van der Waals surface area (Å²) in [5, 5.41) is 11.0. The van der Waals surface area contributed by atoms with Crippen LogP contribution in [0.3, 0.4) is 0 Å². The minimum absolute atomic E-state index is 0.274. The van der Waals surface area contributed by atoms with Crippen molar-refractivity contribution < 1.29 is 9.53 Å². The SMILES string of the molecule is CCN(CC)c1ccc(C(=O)Nc2ccc(Oc3ccccc3)cc2)nn1. The Hall–Kier alpha value is -3.41. The Balaban J connectivity index is 1.62. The molecular formula is C21H22N4O2. The van der Waals surface area contributed by atoms with Crippen LogP contribution in [-0.4, -0.2) is 29.2 Å². The number of hydrogen-bond acceptors (Lipinski definition) is 5. The first-order valence-corrected chi connectivity index (χ1v) is 8.92. The molecule has 6 nitrogen and oxygen atoms in total. The van der Waals surface area contributed by atoms with Gasteiger partial charge in [0, 0.05) is 18.8 Å². The number of benzene rings is 2. The molecular weight excluding hydrogens is 340 g/mol. The van der Waals surface area contributed by atoms with Crippen LogP contribution in [0.15, 0.2) is 66.7 Å². The second kappa shape index (κ2) is 8.80. The van der Waals surface area contributed by atoms with Gasteiger partial charge >= 0.3 is 0 Å². The second-order valence-corrected chi connectivity index (χ2v) is 5.84. The molecule has 1 N–H and O–H groups in total. The summed E-state index contributed by atoms with van der Waals surface area (Å²) in [5.41, 5.74) is 0.936. The lowest BCUT2D eigenvalue weighted by Gasteiger charge is -2.18. The summed E-state index contributed by atoms with van der Waals surface area (Å²) in [4.78, 5) is 14.4. The molecule has 0 aliphatic rings. The molecule has 0 saturated carbocycles. The molecule has 27 heavy (non-hydrogen) atoms. The van der Waals surface area contributed by atoms with E-state index in [0.717, 1.165) is 24.7 Å². The Bertz CT molecular complexity index is 861. The molecule has 0 bridgehead atoms. The van der Waals surface area contributed by atoms with Gasteiger partial charge in [-0.15, -0.1) is 10.2 Å². The lowest BCUT2D eigenvalue weighted by molar-refractivity contribution is 0.102. The summed E-state index contributed by atoms with van der Waals surface area (Å²) in [5.74, 6) is 1.92. The van der Waals surface area contributed by atoms with Crippen LogP contribution in [0.4, 0.5) is 11.5 Å². The first-order valence-electron chi connectivity index (χ1n) is 8.92. The Labute approximate surface area is 158 Å². The zero-order valence-corrected chi connectivity index (χ0v) is 15.4. The molecule has 0 saturated heterocycles. The van der Waals surface area contributed by atoms with Crippen LogP contribution in [0, 0.1) is 0 Å². The van der Waals surface area contributed by atoms with Crippen LogP contribution in [0.1, 0.15) is 24.3 Å². The van der Waals surface area contributed by atoms with Crippen LogP contribution in [-0.2, 0) is 0 Å². The fourth-order valence-electron chi connectivity index (χ4n) is 2.59. The van der Waals surface area contributed by atoms with E-state index in [2.05, 4.69) is 34.3 Å². The van der Waals surface area contributed by atoms with Crippen molar-refractivity contribution >= 4 is 17.4 Å². The van der Waals surface area contributed by atoms with Gasteiger partial charge in [-0.1, -0.05) is 18.2 Å². The van der Waals surface area contributed by atoms with Gasteiger partial charge in [0.15, 0.2) is 11.5 Å². The van der Waals surface area contributed by atoms with E-state index in [4.69, 9.17) is 4.74 Å². The highest BCUT2D eigenvalue weighted by Gasteiger charge is 2.11. The second-order valence-electron chi connectivity index (χ2n) is 5.84. The molecule has 0 spiro atoms. The molecule has 3 aromatic rings. The lowest BCUT2D eigenvalue weighted by atomic mass is 10.2. The van der Waals surface area contributed by atoms with E-state index in [1.807, 2.05) is 36.4 Å².